The molecule has 0 unspecified atom stereocenters. The molecule has 26 heavy (non-hydrogen) atoms. The molecule has 0 spiro atoms. The van der Waals surface area contributed by atoms with Gasteiger partial charge in [-0.15, -0.1) is 10.2 Å². The first-order valence-corrected chi connectivity index (χ1v) is 9.06. The van der Waals surface area contributed by atoms with Gasteiger partial charge >= 0.3 is 0 Å². The molecule has 0 amide bonds. The molecule has 0 bridgehead atoms. The molecule has 3 aromatic rings. The number of nitrogens with two attached hydrogens (primary N) is 1. The van der Waals surface area contributed by atoms with Crippen LogP contribution in [0.15, 0.2) is 47.6 Å². The molecule has 0 aliphatic carbocycles. The Morgan fingerprint density at radius 2 is 1.81 bits per heavy atom. The van der Waals surface area contributed by atoms with Gasteiger partial charge in [-0.1, -0.05) is 30.0 Å². The van der Waals surface area contributed by atoms with E-state index in [1.165, 1.54) is 16.4 Å². The molecule has 132 valence electrons. The van der Waals surface area contributed by atoms with Crippen molar-refractivity contribution < 1.29 is 4.74 Å². The third kappa shape index (κ3) is 4.35. The molecule has 3 rings (SSSR count). The van der Waals surface area contributed by atoms with Crippen molar-refractivity contribution in [3.8, 4) is 11.8 Å². The first-order valence-electron chi connectivity index (χ1n) is 8.07. The smallest absolute Gasteiger partial charge is 0.210 e. The summed E-state index contributed by atoms with van der Waals surface area (Å²) in [6, 6.07) is 15.6. The number of rotatable bonds is 6. The number of benzene rings is 2. The van der Waals surface area contributed by atoms with Crippen LogP contribution >= 0.6 is 11.8 Å². The van der Waals surface area contributed by atoms with Crippen LogP contribution in [0, 0.1) is 25.2 Å². The zero-order chi connectivity index (χ0) is 18.5. The number of nitrogen functional groups attached to an aromatic ring is 1. The van der Waals surface area contributed by atoms with Gasteiger partial charge < -0.3 is 10.6 Å². The number of aromatic nitrogens is 3. The second-order valence-electron chi connectivity index (χ2n) is 5.98. The molecule has 0 saturated heterocycles. The molecule has 6 nitrogen and oxygen atoms in total. The highest BCUT2D eigenvalue weighted by molar-refractivity contribution is 7.98. The lowest BCUT2D eigenvalue weighted by molar-refractivity contribution is 0.291. The predicted octanol–water partition coefficient (Wildman–Crippen LogP) is 3.35. The van der Waals surface area contributed by atoms with Crippen LogP contribution in [0.3, 0.4) is 0 Å². The average molecular weight is 365 g/mol. The number of hydrogen-bond acceptors (Lipinski definition) is 6. The van der Waals surface area contributed by atoms with E-state index in [-0.39, 0.29) is 6.61 Å². The van der Waals surface area contributed by atoms with Gasteiger partial charge in [0, 0.05) is 5.75 Å². The van der Waals surface area contributed by atoms with Crippen LogP contribution < -0.4 is 10.6 Å². The van der Waals surface area contributed by atoms with E-state index in [1.54, 1.807) is 12.1 Å². The van der Waals surface area contributed by atoms with Crippen LogP contribution in [0.2, 0.25) is 0 Å². The van der Waals surface area contributed by atoms with Crippen molar-refractivity contribution in [2.24, 2.45) is 0 Å². The summed E-state index contributed by atoms with van der Waals surface area (Å²) in [5.74, 6) is 8.13. The molecule has 2 aromatic carbocycles. The molecule has 0 fully saturated rings. The van der Waals surface area contributed by atoms with E-state index >= 15 is 0 Å². The number of aryl methyl sites for hydroxylation is 2. The maximum atomic E-state index is 8.83. The topological polar surface area (TPSA) is 89.8 Å². The maximum absolute atomic E-state index is 8.83. The Morgan fingerprint density at radius 3 is 2.46 bits per heavy atom. The Morgan fingerprint density at radius 1 is 1.12 bits per heavy atom. The van der Waals surface area contributed by atoms with E-state index in [4.69, 9.17) is 15.8 Å². The number of hydrogen-bond donors (Lipinski definition) is 1. The van der Waals surface area contributed by atoms with E-state index in [9.17, 15) is 0 Å². The van der Waals surface area contributed by atoms with E-state index in [0.717, 1.165) is 22.4 Å². The van der Waals surface area contributed by atoms with Crippen LogP contribution in [-0.4, -0.2) is 14.9 Å². The third-order valence-electron chi connectivity index (χ3n) is 3.75. The Bertz CT molecular complexity index is 923. The summed E-state index contributed by atoms with van der Waals surface area (Å²) >= 11 is 1.49. The summed E-state index contributed by atoms with van der Waals surface area (Å²) < 4.78 is 7.25. The number of nitrogens with zero attached hydrogens (tertiary/aromatic N) is 4. The number of ether oxygens (including phenoxy) is 1. The fourth-order valence-corrected chi connectivity index (χ4v) is 3.32. The van der Waals surface area contributed by atoms with Crippen molar-refractivity contribution in [2.45, 2.75) is 31.4 Å². The van der Waals surface area contributed by atoms with Gasteiger partial charge in [-0.05, 0) is 54.8 Å². The van der Waals surface area contributed by atoms with Gasteiger partial charge in [0.1, 0.15) is 12.4 Å². The Kier molecular flexibility index (Phi) is 5.44. The van der Waals surface area contributed by atoms with Crippen molar-refractivity contribution >= 4 is 11.8 Å². The van der Waals surface area contributed by atoms with Gasteiger partial charge in [0.05, 0.1) is 11.6 Å². The zero-order valence-corrected chi connectivity index (χ0v) is 15.5. The van der Waals surface area contributed by atoms with Crippen molar-refractivity contribution in [1.82, 2.24) is 14.9 Å². The lowest BCUT2D eigenvalue weighted by Crippen LogP contribution is -2.15. The van der Waals surface area contributed by atoms with Gasteiger partial charge in [0.2, 0.25) is 5.16 Å². The monoisotopic (exact) mass is 365 g/mol. The average Bonchev–Trinajstić information content (AvgIpc) is 2.98. The van der Waals surface area contributed by atoms with E-state index < -0.39 is 0 Å². The normalized spacial score (nSPS) is 10.5. The minimum absolute atomic E-state index is 0.254. The summed E-state index contributed by atoms with van der Waals surface area (Å²) in [5.41, 5.74) is 4.03. The summed E-state index contributed by atoms with van der Waals surface area (Å²) in [6.07, 6.45) is 0. The molecule has 0 atom stereocenters. The number of nitriles is 1. The second-order valence-corrected chi connectivity index (χ2v) is 6.92. The van der Waals surface area contributed by atoms with Gasteiger partial charge in [0.25, 0.3) is 0 Å². The highest BCUT2D eigenvalue weighted by Gasteiger charge is 2.11. The molecule has 0 saturated carbocycles. The van der Waals surface area contributed by atoms with Gasteiger partial charge in [-0.25, -0.2) is 4.68 Å². The molecule has 0 radical (unpaired) electrons. The molecule has 0 aliphatic rings. The lowest BCUT2D eigenvalue weighted by atomic mass is 10.1. The summed E-state index contributed by atoms with van der Waals surface area (Å²) in [5, 5.41) is 17.7. The van der Waals surface area contributed by atoms with Crippen molar-refractivity contribution in [2.75, 3.05) is 5.84 Å². The van der Waals surface area contributed by atoms with Crippen LogP contribution in [0.1, 0.15) is 28.1 Å². The van der Waals surface area contributed by atoms with Crippen LogP contribution in [0.4, 0.5) is 0 Å². The summed E-state index contributed by atoms with van der Waals surface area (Å²) in [7, 11) is 0. The van der Waals surface area contributed by atoms with Gasteiger partial charge in [0.15, 0.2) is 5.82 Å². The van der Waals surface area contributed by atoms with E-state index in [1.807, 2.05) is 38.1 Å². The fraction of sp³-hybridized carbons (Fsp3) is 0.211. The zero-order valence-electron chi connectivity index (χ0n) is 14.6. The largest absolute Gasteiger partial charge is 0.486 e. The highest BCUT2D eigenvalue weighted by Crippen LogP contribution is 2.22. The maximum Gasteiger partial charge on any atom is 0.210 e. The molecule has 1 aromatic heterocycles. The highest BCUT2D eigenvalue weighted by atomic mass is 32.2. The van der Waals surface area contributed by atoms with E-state index in [2.05, 4.69) is 22.3 Å². The Balaban J connectivity index is 1.61. The minimum Gasteiger partial charge on any atom is -0.486 e. The molecular formula is C19H19N5OS. The summed E-state index contributed by atoms with van der Waals surface area (Å²) in [4.78, 5) is 0. The first-order chi connectivity index (χ1) is 12.5. The molecular weight excluding hydrogens is 346 g/mol. The molecule has 0 aliphatic heterocycles. The van der Waals surface area contributed by atoms with E-state index in [0.29, 0.717) is 22.3 Å². The first kappa shape index (κ1) is 17.8. The third-order valence-corrected chi connectivity index (χ3v) is 4.76. The Labute approximate surface area is 156 Å². The predicted molar refractivity (Wildman–Crippen MR) is 101 cm³/mol. The Hall–Kier alpha value is -2.98. The SMILES string of the molecule is Cc1cc(C)cc(OCc2nnc(SCc3ccc(C#N)cc3)n2N)c1. The van der Waals surface area contributed by atoms with Gasteiger partial charge in [-0.3, -0.25) is 0 Å². The fourth-order valence-electron chi connectivity index (χ4n) is 2.49. The molecule has 2 N–H and O–H groups in total. The van der Waals surface area contributed by atoms with Crippen molar-refractivity contribution in [3.05, 3.63) is 70.5 Å². The standard InChI is InChI=1S/C19H19N5OS/c1-13-7-14(2)9-17(8-13)25-11-18-22-23-19(24(18)21)26-12-16-5-3-15(10-20)4-6-16/h3-9H,11-12,21H2,1-2H3. The van der Waals surface area contributed by atoms with Crippen LogP contribution in [0.5, 0.6) is 5.75 Å². The van der Waals surface area contributed by atoms with Gasteiger partial charge in [-0.2, -0.15) is 5.26 Å². The minimum atomic E-state index is 0.254. The van der Waals surface area contributed by atoms with Crippen LogP contribution in [-0.2, 0) is 12.4 Å². The second kappa shape index (κ2) is 7.93. The van der Waals surface area contributed by atoms with Crippen molar-refractivity contribution in [1.29, 1.82) is 5.26 Å². The molecule has 1 heterocycles. The van der Waals surface area contributed by atoms with Crippen LogP contribution in [0.25, 0.3) is 0 Å². The summed E-state index contributed by atoms with van der Waals surface area (Å²) in [6.45, 7) is 4.32. The quantitative estimate of drug-likeness (QED) is 0.532. The number of thioether (sulfide) groups is 1. The molecule has 7 heteroatoms. The lowest BCUT2D eigenvalue weighted by Gasteiger charge is -2.08. The van der Waals surface area contributed by atoms with Crippen molar-refractivity contribution in [3.63, 3.8) is 0 Å².